The summed E-state index contributed by atoms with van der Waals surface area (Å²) in [5, 5.41) is 2.42. The van der Waals surface area contributed by atoms with Crippen LogP contribution in [0.4, 0.5) is 28.4 Å². The molecule has 0 N–H and O–H groups in total. The second-order valence-corrected chi connectivity index (χ2v) is 15.8. The van der Waals surface area contributed by atoms with Crippen molar-refractivity contribution < 1.29 is 0 Å². The molecule has 0 bridgehead atoms. The van der Waals surface area contributed by atoms with Crippen LogP contribution in [0.15, 0.2) is 182 Å². The second-order valence-electron chi connectivity index (χ2n) is 15.8. The zero-order chi connectivity index (χ0) is 38.0. The Kier molecular flexibility index (Phi) is 8.04. The SMILES string of the molecule is C=CC1=C(C=C)N(c2ccc3cc(/C=C/c4ccc5c(c4)C(C)(C)c4cc(N6c7ccccc7Cc7ccccc76)ccc4-5)ccc3c2)c2ccccc2CC1. The highest BCUT2D eigenvalue weighted by Crippen LogP contribution is 2.52. The Hall–Kier alpha value is -6.64. The number of nitrogens with zero attached hydrogens (tertiary/aromatic N) is 2. The van der Waals surface area contributed by atoms with E-state index >= 15 is 0 Å². The van der Waals surface area contributed by atoms with E-state index in [4.69, 9.17) is 0 Å². The number of para-hydroxylation sites is 3. The van der Waals surface area contributed by atoms with Gasteiger partial charge in [0.15, 0.2) is 0 Å². The standard InChI is InChI=1S/C54H44N2/c1-5-38-24-25-39-13-7-10-16-51(39)55(50(38)6-2)44-27-26-40-31-36(21-23-41(40)34-44)19-20-37-22-29-46-47-30-28-45(35-49(47)54(3,4)48(46)32-37)56-52-17-11-8-14-42(52)33-43-15-9-12-18-53(43)56/h5-23,26-32,34-35H,1-2,24-25,33H2,3-4H3/b20-19+. The topological polar surface area (TPSA) is 6.48 Å². The first-order valence-electron chi connectivity index (χ1n) is 19.7. The molecule has 2 heteroatoms. The lowest BCUT2D eigenvalue weighted by Gasteiger charge is -2.34. The van der Waals surface area contributed by atoms with Gasteiger partial charge in [0.2, 0.25) is 0 Å². The van der Waals surface area contributed by atoms with Crippen LogP contribution in [0.25, 0.3) is 34.1 Å². The Morgan fingerprint density at radius 1 is 0.500 bits per heavy atom. The summed E-state index contributed by atoms with van der Waals surface area (Å²) in [6.45, 7) is 13.1. The first-order chi connectivity index (χ1) is 27.4. The van der Waals surface area contributed by atoms with Gasteiger partial charge in [-0.15, -0.1) is 0 Å². The minimum Gasteiger partial charge on any atom is -0.310 e. The van der Waals surface area contributed by atoms with E-state index in [9.17, 15) is 0 Å². The Labute approximate surface area is 330 Å². The van der Waals surface area contributed by atoms with Gasteiger partial charge in [-0.3, -0.25) is 0 Å². The molecular weight excluding hydrogens is 677 g/mol. The average molecular weight is 721 g/mol. The normalized spacial score (nSPS) is 15.2. The van der Waals surface area contributed by atoms with Gasteiger partial charge < -0.3 is 9.80 Å². The van der Waals surface area contributed by atoms with E-state index in [2.05, 4.69) is 195 Å². The van der Waals surface area contributed by atoms with Crippen LogP contribution in [0.5, 0.6) is 0 Å². The zero-order valence-electron chi connectivity index (χ0n) is 32.1. The van der Waals surface area contributed by atoms with E-state index in [1.165, 1.54) is 89.2 Å². The van der Waals surface area contributed by atoms with Gasteiger partial charge in [0.25, 0.3) is 0 Å². The number of benzene rings is 7. The van der Waals surface area contributed by atoms with Gasteiger partial charge >= 0.3 is 0 Å². The van der Waals surface area contributed by atoms with E-state index in [0.29, 0.717) is 0 Å². The maximum Gasteiger partial charge on any atom is 0.0497 e. The zero-order valence-corrected chi connectivity index (χ0v) is 32.1. The molecule has 0 saturated heterocycles. The molecule has 10 rings (SSSR count). The molecule has 7 aromatic carbocycles. The van der Waals surface area contributed by atoms with Crippen molar-refractivity contribution in [3.63, 3.8) is 0 Å². The lowest BCUT2D eigenvalue weighted by Crippen LogP contribution is -2.20. The molecule has 7 aromatic rings. The lowest BCUT2D eigenvalue weighted by atomic mass is 9.81. The molecule has 0 amide bonds. The predicted octanol–water partition coefficient (Wildman–Crippen LogP) is 14.4. The van der Waals surface area contributed by atoms with Crippen LogP contribution in [0, 0.1) is 0 Å². The summed E-state index contributed by atoms with van der Waals surface area (Å²) in [5.74, 6) is 0. The summed E-state index contributed by atoms with van der Waals surface area (Å²) in [6.07, 6.45) is 11.3. The second kappa shape index (κ2) is 13.3. The molecule has 0 aromatic heterocycles. The van der Waals surface area contributed by atoms with Crippen LogP contribution < -0.4 is 9.80 Å². The molecule has 0 unspecified atom stereocenters. The molecule has 0 fully saturated rings. The summed E-state index contributed by atoms with van der Waals surface area (Å²) in [4.78, 5) is 4.80. The highest BCUT2D eigenvalue weighted by atomic mass is 15.2. The summed E-state index contributed by atoms with van der Waals surface area (Å²) in [5.41, 5.74) is 20.1. The smallest absolute Gasteiger partial charge is 0.0497 e. The Morgan fingerprint density at radius 3 is 1.73 bits per heavy atom. The molecule has 3 aliphatic rings. The van der Waals surface area contributed by atoms with Crippen molar-refractivity contribution in [1.29, 1.82) is 0 Å². The molecule has 56 heavy (non-hydrogen) atoms. The van der Waals surface area contributed by atoms with Crippen molar-refractivity contribution >= 4 is 51.4 Å². The monoisotopic (exact) mass is 720 g/mol. The third kappa shape index (κ3) is 5.47. The molecule has 0 atom stereocenters. The molecule has 2 aliphatic heterocycles. The van der Waals surface area contributed by atoms with Crippen LogP contribution in [0.2, 0.25) is 0 Å². The van der Waals surface area contributed by atoms with Crippen molar-refractivity contribution in [3.8, 4) is 11.1 Å². The number of fused-ring (bicyclic) bond motifs is 7. The van der Waals surface area contributed by atoms with Crippen molar-refractivity contribution in [1.82, 2.24) is 0 Å². The van der Waals surface area contributed by atoms with E-state index in [0.717, 1.165) is 30.6 Å². The predicted molar refractivity (Wildman–Crippen MR) is 239 cm³/mol. The summed E-state index contributed by atoms with van der Waals surface area (Å²) in [7, 11) is 0. The Bertz CT molecular complexity index is 2770. The number of allylic oxidation sites excluding steroid dienone is 3. The summed E-state index contributed by atoms with van der Waals surface area (Å²) < 4.78 is 0. The van der Waals surface area contributed by atoms with Crippen molar-refractivity contribution in [2.75, 3.05) is 9.80 Å². The van der Waals surface area contributed by atoms with E-state index in [-0.39, 0.29) is 5.41 Å². The number of hydrogen-bond donors (Lipinski definition) is 0. The van der Waals surface area contributed by atoms with Crippen molar-refractivity contribution in [3.05, 3.63) is 221 Å². The molecule has 270 valence electrons. The lowest BCUT2D eigenvalue weighted by molar-refractivity contribution is 0.660. The van der Waals surface area contributed by atoms with Gasteiger partial charge in [-0.1, -0.05) is 142 Å². The number of rotatable bonds is 6. The number of aryl methyl sites for hydroxylation is 1. The van der Waals surface area contributed by atoms with Gasteiger partial charge in [0, 0.05) is 46.0 Å². The fourth-order valence-electron chi connectivity index (χ4n) is 9.36. The Balaban J connectivity index is 0.945. The summed E-state index contributed by atoms with van der Waals surface area (Å²) in [6, 6.07) is 54.0. The van der Waals surface area contributed by atoms with Gasteiger partial charge in [-0.25, -0.2) is 0 Å². The van der Waals surface area contributed by atoms with Crippen LogP contribution >= 0.6 is 0 Å². The summed E-state index contributed by atoms with van der Waals surface area (Å²) >= 11 is 0. The highest BCUT2D eigenvalue weighted by molar-refractivity contribution is 5.92. The third-order valence-corrected chi connectivity index (χ3v) is 12.3. The molecule has 0 spiro atoms. The highest BCUT2D eigenvalue weighted by Gasteiger charge is 2.36. The fraction of sp³-hybridized carbons (Fsp3) is 0.111. The first kappa shape index (κ1) is 33.9. The Morgan fingerprint density at radius 2 is 1.04 bits per heavy atom. The minimum atomic E-state index is -0.138. The largest absolute Gasteiger partial charge is 0.310 e. The van der Waals surface area contributed by atoms with Gasteiger partial charge in [0.05, 0.1) is 0 Å². The third-order valence-electron chi connectivity index (χ3n) is 12.3. The average Bonchev–Trinajstić information content (AvgIpc) is 3.34. The number of anilines is 5. The van der Waals surface area contributed by atoms with E-state index in [1.807, 2.05) is 12.2 Å². The van der Waals surface area contributed by atoms with Gasteiger partial charge in [-0.2, -0.15) is 0 Å². The molecule has 0 radical (unpaired) electrons. The van der Waals surface area contributed by atoms with Crippen LogP contribution in [-0.4, -0.2) is 0 Å². The molecule has 2 heterocycles. The van der Waals surface area contributed by atoms with Crippen molar-refractivity contribution in [2.24, 2.45) is 0 Å². The van der Waals surface area contributed by atoms with Crippen LogP contribution in [0.3, 0.4) is 0 Å². The minimum absolute atomic E-state index is 0.138. The first-order valence-corrected chi connectivity index (χ1v) is 19.7. The fourth-order valence-corrected chi connectivity index (χ4v) is 9.36. The molecule has 0 saturated carbocycles. The van der Waals surface area contributed by atoms with E-state index < -0.39 is 0 Å². The molecule has 2 nitrogen and oxygen atoms in total. The maximum absolute atomic E-state index is 4.21. The van der Waals surface area contributed by atoms with Crippen LogP contribution in [0.1, 0.15) is 59.2 Å². The van der Waals surface area contributed by atoms with E-state index in [1.54, 1.807) is 0 Å². The molecule has 1 aliphatic carbocycles. The molecular formula is C54H44N2. The van der Waals surface area contributed by atoms with Gasteiger partial charge in [-0.05, 0) is 134 Å². The van der Waals surface area contributed by atoms with Crippen LogP contribution in [-0.2, 0) is 18.3 Å². The van der Waals surface area contributed by atoms with Crippen molar-refractivity contribution in [2.45, 2.75) is 38.5 Å². The number of hydrogen-bond acceptors (Lipinski definition) is 2. The van der Waals surface area contributed by atoms with Gasteiger partial charge in [0.1, 0.15) is 0 Å². The quantitative estimate of drug-likeness (QED) is 0.158. The maximum atomic E-state index is 4.21.